The lowest BCUT2D eigenvalue weighted by Gasteiger charge is -2.33. The topological polar surface area (TPSA) is 38.3 Å². The van der Waals surface area contributed by atoms with E-state index in [1.54, 1.807) is 0 Å². The van der Waals surface area contributed by atoms with E-state index in [1.165, 1.54) is 7.11 Å². The number of alkyl halides is 2. The lowest BCUT2D eigenvalue weighted by atomic mass is 9.81. The third kappa shape index (κ3) is 2.14. The second-order valence-corrected chi connectivity index (χ2v) is 2.94. The van der Waals surface area contributed by atoms with Crippen LogP contribution >= 0.6 is 0 Å². The Morgan fingerprint density at radius 2 is 2.25 bits per heavy atom. The van der Waals surface area contributed by atoms with E-state index in [-0.39, 0.29) is 25.5 Å². The lowest BCUT2D eigenvalue weighted by Crippen LogP contribution is -2.45. The predicted molar refractivity (Wildman–Crippen MR) is 37.7 cm³/mol. The molecule has 1 amide bonds. The lowest BCUT2D eigenvalue weighted by molar-refractivity contribution is -0.151. The van der Waals surface area contributed by atoms with Crippen LogP contribution in [0.1, 0.15) is 12.8 Å². The van der Waals surface area contributed by atoms with Crippen molar-refractivity contribution in [1.29, 1.82) is 0 Å². The van der Waals surface area contributed by atoms with Crippen LogP contribution < -0.4 is 5.32 Å². The van der Waals surface area contributed by atoms with Crippen LogP contribution in [0.15, 0.2) is 0 Å². The number of hydrogen-bond acceptors (Lipinski definition) is 2. The van der Waals surface area contributed by atoms with Gasteiger partial charge in [0.25, 0.3) is 0 Å². The summed E-state index contributed by atoms with van der Waals surface area (Å²) in [6.45, 7) is 0.0842. The predicted octanol–water partition coefficient (Wildman–Crippen LogP) is 0.752. The fourth-order valence-electron chi connectivity index (χ4n) is 1.13. The summed E-state index contributed by atoms with van der Waals surface area (Å²) in [6.07, 6.45) is -0.662. The van der Waals surface area contributed by atoms with E-state index in [1.807, 2.05) is 0 Å². The number of rotatable bonds is 3. The fourth-order valence-corrected chi connectivity index (χ4v) is 1.13. The summed E-state index contributed by atoms with van der Waals surface area (Å²) in [7, 11) is 1.43. The summed E-state index contributed by atoms with van der Waals surface area (Å²) in [5.74, 6) is -3.51. The van der Waals surface area contributed by atoms with Crippen LogP contribution in [0.5, 0.6) is 0 Å². The van der Waals surface area contributed by atoms with Crippen molar-refractivity contribution in [1.82, 2.24) is 5.32 Å². The molecule has 1 rings (SSSR count). The highest BCUT2D eigenvalue weighted by Crippen LogP contribution is 2.42. The van der Waals surface area contributed by atoms with Gasteiger partial charge in [0.15, 0.2) is 0 Å². The van der Waals surface area contributed by atoms with Gasteiger partial charge in [-0.15, -0.1) is 0 Å². The number of carbonyl (C=O) groups is 1. The molecule has 0 saturated heterocycles. The van der Waals surface area contributed by atoms with Crippen LogP contribution in [-0.4, -0.2) is 25.7 Å². The molecule has 0 aliphatic heterocycles. The largest absolute Gasteiger partial charge is 0.364 e. The Bertz CT molecular complexity index is 176. The van der Waals surface area contributed by atoms with Crippen LogP contribution in [0, 0.1) is 5.92 Å². The second kappa shape index (κ2) is 3.35. The van der Waals surface area contributed by atoms with Crippen molar-refractivity contribution in [2.45, 2.75) is 18.8 Å². The standard InChI is InChI=1S/C7H11F2NO2/c1-12-4-10-6(11)5-2-7(8,9)3-5/h5H,2-4H2,1H3,(H,10,11). The summed E-state index contributed by atoms with van der Waals surface area (Å²) in [5.41, 5.74) is 0. The minimum absolute atomic E-state index is 0.0842. The zero-order valence-corrected chi connectivity index (χ0v) is 6.77. The van der Waals surface area contributed by atoms with Gasteiger partial charge >= 0.3 is 0 Å². The van der Waals surface area contributed by atoms with E-state index < -0.39 is 11.8 Å². The summed E-state index contributed by atoms with van der Waals surface area (Å²) >= 11 is 0. The van der Waals surface area contributed by atoms with Gasteiger partial charge in [0.1, 0.15) is 6.73 Å². The maximum absolute atomic E-state index is 12.3. The first-order valence-corrected chi connectivity index (χ1v) is 3.69. The van der Waals surface area contributed by atoms with Crippen molar-refractivity contribution in [3.05, 3.63) is 0 Å². The molecule has 1 aliphatic carbocycles. The zero-order valence-electron chi connectivity index (χ0n) is 6.77. The van der Waals surface area contributed by atoms with E-state index in [0.717, 1.165) is 0 Å². The van der Waals surface area contributed by atoms with Crippen molar-refractivity contribution < 1.29 is 18.3 Å². The monoisotopic (exact) mass is 179 g/mol. The molecule has 3 nitrogen and oxygen atoms in total. The van der Waals surface area contributed by atoms with Crippen molar-refractivity contribution in [2.75, 3.05) is 13.8 Å². The Morgan fingerprint density at radius 3 is 2.67 bits per heavy atom. The Morgan fingerprint density at radius 1 is 1.67 bits per heavy atom. The molecule has 5 heteroatoms. The van der Waals surface area contributed by atoms with E-state index in [2.05, 4.69) is 10.1 Å². The molecule has 0 spiro atoms. The number of nitrogens with one attached hydrogen (secondary N) is 1. The molecule has 1 saturated carbocycles. The third-order valence-corrected chi connectivity index (χ3v) is 1.85. The summed E-state index contributed by atoms with van der Waals surface area (Å²) < 4.78 is 29.1. The molecule has 1 aliphatic rings. The van der Waals surface area contributed by atoms with Crippen LogP contribution in [0.25, 0.3) is 0 Å². The van der Waals surface area contributed by atoms with Gasteiger partial charge in [0, 0.05) is 25.9 Å². The highest BCUT2D eigenvalue weighted by Gasteiger charge is 2.48. The summed E-state index contributed by atoms with van der Waals surface area (Å²) in [5, 5.41) is 2.38. The first kappa shape index (κ1) is 9.38. The van der Waals surface area contributed by atoms with Crippen molar-refractivity contribution in [3.63, 3.8) is 0 Å². The average molecular weight is 179 g/mol. The van der Waals surface area contributed by atoms with Crippen LogP contribution in [0.4, 0.5) is 8.78 Å². The Labute approximate surface area is 69.1 Å². The van der Waals surface area contributed by atoms with Gasteiger partial charge in [-0.1, -0.05) is 0 Å². The molecular formula is C7H11F2NO2. The Hall–Kier alpha value is -0.710. The minimum atomic E-state index is -2.63. The van der Waals surface area contributed by atoms with E-state index in [0.29, 0.717) is 0 Å². The molecule has 70 valence electrons. The number of ether oxygens (including phenoxy) is 1. The van der Waals surface area contributed by atoms with Gasteiger partial charge in [-0.25, -0.2) is 8.78 Å². The molecule has 0 heterocycles. The van der Waals surface area contributed by atoms with Gasteiger partial charge in [-0.2, -0.15) is 0 Å². The normalized spacial score (nSPS) is 21.6. The summed E-state index contributed by atoms with van der Waals surface area (Å²) in [4.78, 5) is 10.9. The highest BCUT2D eigenvalue weighted by atomic mass is 19.3. The first-order chi connectivity index (χ1) is 5.55. The SMILES string of the molecule is COCNC(=O)C1CC(F)(F)C1. The number of methoxy groups -OCH3 is 1. The molecular weight excluding hydrogens is 168 g/mol. The molecule has 0 aromatic carbocycles. The van der Waals surface area contributed by atoms with Gasteiger partial charge < -0.3 is 10.1 Å². The highest BCUT2D eigenvalue weighted by molar-refractivity contribution is 5.79. The quantitative estimate of drug-likeness (QED) is 0.649. The number of hydrogen-bond donors (Lipinski definition) is 1. The first-order valence-electron chi connectivity index (χ1n) is 3.69. The van der Waals surface area contributed by atoms with Crippen LogP contribution in [0.3, 0.4) is 0 Å². The minimum Gasteiger partial charge on any atom is -0.364 e. The average Bonchev–Trinajstić information content (AvgIpc) is 1.95. The van der Waals surface area contributed by atoms with Crippen molar-refractivity contribution in [2.24, 2.45) is 5.92 Å². The number of halogens is 2. The van der Waals surface area contributed by atoms with E-state index in [4.69, 9.17) is 0 Å². The molecule has 0 unspecified atom stereocenters. The Kier molecular flexibility index (Phi) is 2.62. The fraction of sp³-hybridized carbons (Fsp3) is 0.857. The maximum Gasteiger partial charge on any atom is 0.249 e. The van der Waals surface area contributed by atoms with Crippen molar-refractivity contribution in [3.8, 4) is 0 Å². The molecule has 0 bridgehead atoms. The molecule has 0 radical (unpaired) electrons. The van der Waals surface area contributed by atoms with Gasteiger partial charge in [0.05, 0.1) is 0 Å². The molecule has 12 heavy (non-hydrogen) atoms. The molecule has 1 fully saturated rings. The Balaban J connectivity index is 2.19. The van der Waals surface area contributed by atoms with Gasteiger partial charge in [-0.3, -0.25) is 4.79 Å². The number of carbonyl (C=O) groups excluding carboxylic acids is 1. The van der Waals surface area contributed by atoms with Crippen LogP contribution in [-0.2, 0) is 9.53 Å². The van der Waals surface area contributed by atoms with Gasteiger partial charge in [-0.05, 0) is 0 Å². The van der Waals surface area contributed by atoms with Gasteiger partial charge in [0.2, 0.25) is 11.8 Å². The number of amides is 1. The molecule has 1 N–H and O–H groups in total. The second-order valence-electron chi connectivity index (χ2n) is 2.94. The third-order valence-electron chi connectivity index (χ3n) is 1.85. The smallest absolute Gasteiger partial charge is 0.249 e. The molecule has 0 atom stereocenters. The summed E-state index contributed by atoms with van der Waals surface area (Å²) in [6, 6.07) is 0. The molecule has 0 aromatic rings. The van der Waals surface area contributed by atoms with E-state index >= 15 is 0 Å². The van der Waals surface area contributed by atoms with Crippen molar-refractivity contribution >= 4 is 5.91 Å². The molecule has 0 aromatic heterocycles. The van der Waals surface area contributed by atoms with E-state index in [9.17, 15) is 13.6 Å². The van der Waals surface area contributed by atoms with Crippen LogP contribution in [0.2, 0.25) is 0 Å². The zero-order chi connectivity index (χ0) is 9.19. The maximum atomic E-state index is 12.3.